The molecule has 0 aliphatic rings. The van der Waals surface area contributed by atoms with Gasteiger partial charge in [-0.1, -0.05) is 6.92 Å². The molecule has 0 radical (unpaired) electrons. The predicted octanol–water partition coefficient (Wildman–Crippen LogP) is 2.46. The molecule has 106 valence electrons. The van der Waals surface area contributed by atoms with Crippen molar-refractivity contribution >= 4 is 11.6 Å². The fourth-order valence-corrected chi connectivity index (χ4v) is 1.98. The second-order valence-electron chi connectivity index (χ2n) is 4.95. The maximum Gasteiger partial charge on any atom is 0.221 e. The third-order valence-electron chi connectivity index (χ3n) is 2.92. The lowest BCUT2D eigenvalue weighted by molar-refractivity contribution is -0.114. The Morgan fingerprint density at radius 1 is 1.37 bits per heavy atom. The van der Waals surface area contributed by atoms with Crippen molar-refractivity contribution in [2.24, 2.45) is 0 Å². The molecule has 1 aromatic carbocycles. The molecule has 4 heteroatoms. The van der Waals surface area contributed by atoms with Gasteiger partial charge in [-0.05, 0) is 44.6 Å². The van der Waals surface area contributed by atoms with E-state index in [9.17, 15) is 4.79 Å². The number of carbonyl (C=O) groups is 1. The van der Waals surface area contributed by atoms with Crippen LogP contribution in [0.2, 0.25) is 0 Å². The monoisotopic (exact) mass is 264 g/mol. The van der Waals surface area contributed by atoms with Crippen LogP contribution < -0.4 is 10.1 Å². The smallest absolute Gasteiger partial charge is 0.221 e. The number of nitrogens with one attached hydrogen (secondary N) is 1. The Morgan fingerprint density at radius 2 is 2.05 bits per heavy atom. The molecule has 4 nitrogen and oxygen atoms in total. The van der Waals surface area contributed by atoms with Crippen molar-refractivity contribution in [3.8, 4) is 5.75 Å². The molecular weight excluding hydrogens is 240 g/mol. The van der Waals surface area contributed by atoms with E-state index in [1.165, 1.54) is 6.92 Å². The van der Waals surface area contributed by atoms with Gasteiger partial charge in [0.2, 0.25) is 5.91 Å². The number of anilines is 1. The van der Waals surface area contributed by atoms with E-state index in [0.29, 0.717) is 6.61 Å². The van der Waals surface area contributed by atoms with E-state index in [-0.39, 0.29) is 5.91 Å². The minimum absolute atomic E-state index is 0.0560. The van der Waals surface area contributed by atoms with E-state index in [4.69, 9.17) is 4.74 Å². The van der Waals surface area contributed by atoms with Crippen molar-refractivity contribution in [3.05, 3.63) is 23.3 Å². The van der Waals surface area contributed by atoms with Crippen LogP contribution in [0, 0.1) is 6.92 Å². The first-order valence-corrected chi connectivity index (χ1v) is 6.62. The molecular formula is C15H24N2O2. The average Bonchev–Trinajstić information content (AvgIpc) is 2.27. The Morgan fingerprint density at radius 3 is 2.58 bits per heavy atom. The van der Waals surface area contributed by atoms with Crippen molar-refractivity contribution in [2.45, 2.75) is 27.2 Å². The van der Waals surface area contributed by atoms with Crippen LogP contribution in [-0.2, 0) is 11.2 Å². The summed E-state index contributed by atoms with van der Waals surface area (Å²) in [5, 5.41) is 2.88. The van der Waals surface area contributed by atoms with Crippen molar-refractivity contribution in [2.75, 3.05) is 32.6 Å². The van der Waals surface area contributed by atoms with Gasteiger partial charge in [-0.3, -0.25) is 4.79 Å². The summed E-state index contributed by atoms with van der Waals surface area (Å²) in [6.07, 6.45) is 0.888. The first-order valence-electron chi connectivity index (χ1n) is 6.62. The van der Waals surface area contributed by atoms with E-state index < -0.39 is 0 Å². The third kappa shape index (κ3) is 4.91. The second-order valence-corrected chi connectivity index (χ2v) is 4.95. The summed E-state index contributed by atoms with van der Waals surface area (Å²) in [5.41, 5.74) is 3.17. The molecule has 0 aromatic heterocycles. The van der Waals surface area contributed by atoms with E-state index in [2.05, 4.69) is 17.1 Å². The molecule has 0 aliphatic carbocycles. The number of hydrogen-bond donors (Lipinski definition) is 1. The van der Waals surface area contributed by atoms with Crippen LogP contribution in [0.5, 0.6) is 5.75 Å². The Balaban J connectivity index is 2.88. The highest BCUT2D eigenvalue weighted by Crippen LogP contribution is 2.27. The molecule has 1 amide bonds. The highest BCUT2D eigenvalue weighted by Gasteiger charge is 2.09. The molecule has 0 aliphatic heterocycles. The zero-order valence-electron chi connectivity index (χ0n) is 12.5. The first kappa shape index (κ1) is 15.5. The van der Waals surface area contributed by atoms with Crippen molar-refractivity contribution < 1.29 is 9.53 Å². The van der Waals surface area contributed by atoms with Crippen LogP contribution in [0.3, 0.4) is 0 Å². The van der Waals surface area contributed by atoms with E-state index in [1.807, 2.05) is 33.2 Å². The summed E-state index contributed by atoms with van der Waals surface area (Å²) < 4.78 is 5.73. The summed E-state index contributed by atoms with van der Waals surface area (Å²) >= 11 is 0. The van der Waals surface area contributed by atoms with Crippen LogP contribution in [-0.4, -0.2) is 38.1 Å². The predicted molar refractivity (Wildman–Crippen MR) is 78.9 cm³/mol. The minimum atomic E-state index is -0.0560. The molecule has 19 heavy (non-hydrogen) atoms. The molecule has 0 bridgehead atoms. The summed E-state index contributed by atoms with van der Waals surface area (Å²) in [6.45, 7) is 7.15. The molecule has 0 heterocycles. The SMILES string of the molecule is CCc1c(C)cc(OCCN(C)C)cc1NC(C)=O. The van der Waals surface area contributed by atoms with Gasteiger partial charge in [-0.15, -0.1) is 0 Å². The number of likely N-dealkylation sites (N-methyl/N-ethyl adjacent to an activating group) is 1. The number of amides is 1. The Bertz CT molecular complexity index is 442. The maximum atomic E-state index is 11.2. The minimum Gasteiger partial charge on any atom is -0.492 e. The zero-order chi connectivity index (χ0) is 14.4. The van der Waals surface area contributed by atoms with Crippen LogP contribution in [0.15, 0.2) is 12.1 Å². The normalized spacial score (nSPS) is 10.6. The van der Waals surface area contributed by atoms with Crippen molar-refractivity contribution in [1.29, 1.82) is 0 Å². The van der Waals surface area contributed by atoms with Gasteiger partial charge in [0.25, 0.3) is 0 Å². The Kier molecular flexibility index (Phi) is 5.83. The maximum absolute atomic E-state index is 11.2. The Labute approximate surface area is 115 Å². The van der Waals surface area contributed by atoms with Crippen LogP contribution in [0.1, 0.15) is 25.0 Å². The number of aryl methyl sites for hydroxylation is 1. The topological polar surface area (TPSA) is 41.6 Å². The third-order valence-corrected chi connectivity index (χ3v) is 2.92. The number of ether oxygens (including phenoxy) is 1. The number of nitrogens with zero attached hydrogens (tertiary/aromatic N) is 1. The zero-order valence-corrected chi connectivity index (χ0v) is 12.5. The molecule has 0 saturated heterocycles. The van der Waals surface area contributed by atoms with Crippen molar-refractivity contribution in [3.63, 3.8) is 0 Å². The van der Waals surface area contributed by atoms with Gasteiger partial charge in [0.1, 0.15) is 12.4 Å². The van der Waals surface area contributed by atoms with Gasteiger partial charge in [0.05, 0.1) is 0 Å². The lowest BCUT2D eigenvalue weighted by Gasteiger charge is -2.16. The van der Waals surface area contributed by atoms with Crippen LogP contribution in [0.25, 0.3) is 0 Å². The van der Waals surface area contributed by atoms with Crippen LogP contribution >= 0.6 is 0 Å². The fourth-order valence-electron chi connectivity index (χ4n) is 1.98. The molecule has 0 saturated carbocycles. The van der Waals surface area contributed by atoms with E-state index >= 15 is 0 Å². The van der Waals surface area contributed by atoms with Gasteiger partial charge in [0.15, 0.2) is 0 Å². The first-order chi connectivity index (χ1) is 8.93. The quantitative estimate of drug-likeness (QED) is 0.858. The molecule has 0 fully saturated rings. The largest absolute Gasteiger partial charge is 0.492 e. The number of carbonyl (C=O) groups excluding carboxylic acids is 1. The summed E-state index contributed by atoms with van der Waals surface area (Å²) in [7, 11) is 4.02. The van der Waals surface area contributed by atoms with Crippen molar-refractivity contribution in [1.82, 2.24) is 4.90 Å². The number of benzene rings is 1. The number of hydrogen-bond acceptors (Lipinski definition) is 3. The van der Waals surface area contributed by atoms with Gasteiger partial charge >= 0.3 is 0 Å². The molecule has 0 spiro atoms. The molecule has 0 atom stereocenters. The fraction of sp³-hybridized carbons (Fsp3) is 0.533. The lowest BCUT2D eigenvalue weighted by atomic mass is 10.0. The molecule has 1 aromatic rings. The highest BCUT2D eigenvalue weighted by molar-refractivity contribution is 5.90. The van der Waals surface area contributed by atoms with Crippen LogP contribution in [0.4, 0.5) is 5.69 Å². The van der Waals surface area contributed by atoms with Gasteiger partial charge in [-0.2, -0.15) is 0 Å². The second kappa shape index (κ2) is 7.14. The lowest BCUT2D eigenvalue weighted by Crippen LogP contribution is -2.19. The summed E-state index contributed by atoms with van der Waals surface area (Å²) in [5.74, 6) is 0.750. The van der Waals surface area contributed by atoms with Gasteiger partial charge in [0, 0.05) is 25.2 Å². The van der Waals surface area contributed by atoms with E-state index in [0.717, 1.165) is 35.5 Å². The summed E-state index contributed by atoms with van der Waals surface area (Å²) in [4.78, 5) is 13.3. The molecule has 1 N–H and O–H groups in total. The summed E-state index contributed by atoms with van der Waals surface area (Å²) in [6, 6.07) is 3.93. The van der Waals surface area contributed by atoms with Gasteiger partial charge in [-0.25, -0.2) is 0 Å². The Hall–Kier alpha value is -1.55. The van der Waals surface area contributed by atoms with E-state index in [1.54, 1.807) is 0 Å². The highest BCUT2D eigenvalue weighted by atomic mass is 16.5. The molecule has 1 rings (SSSR count). The van der Waals surface area contributed by atoms with Gasteiger partial charge < -0.3 is 15.0 Å². The standard InChI is InChI=1S/C15H24N2O2/c1-6-14-11(2)9-13(19-8-7-17(4)5)10-15(14)16-12(3)18/h9-10H,6-8H2,1-5H3,(H,16,18). The number of rotatable bonds is 6. The molecule has 0 unspecified atom stereocenters. The average molecular weight is 264 g/mol.